The first-order chi connectivity index (χ1) is 13.0. The number of carboxylic acid groups (broad SMARTS) is 1. The van der Waals surface area contributed by atoms with Crippen molar-refractivity contribution in [2.75, 3.05) is 17.6 Å². The van der Waals surface area contributed by atoms with E-state index in [9.17, 15) is 23.1 Å². The molecule has 1 aromatic heterocycles. The first kappa shape index (κ1) is 22.3. The Kier molecular flexibility index (Phi) is 7.82. The van der Waals surface area contributed by atoms with E-state index in [1.54, 1.807) is 24.3 Å². The van der Waals surface area contributed by atoms with Crippen LogP contribution in [0, 0.1) is 0 Å². The lowest BCUT2D eigenvalue weighted by atomic mass is 10.3. The van der Waals surface area contributed by atoms with Crippen molar-refractivity contribution in [2.24, 2.45) is 16.0 Å². The van der Waals surface area contributed by atoms with E-state index in [2.05, 4.69) is 20.5 Å². The van der Waals surface area contributed by atoms with Crippen LogP contribution in [0.2, 0.25) is 0 Å². The van der Waals surface area contributed by atoms with Crippen LogP contribution in [0.15, 0.2) is 46.6 Å². The number of phenolic OH excluding ortho intramolecular Hbond substituents is 1. The number of pyridine rings is 1. The number of carbonyl (C=O) groups is 2. The molecule has 1 aromatic carbocycles. The quantitative estimate of drug-likeness (QED) is 0.489. The number of hydrogen-bond donors (Lipinski definition) is 5. The fourth-order valence-electron chi connectivity index (χ4n) is 1.47. The summed E-state index contributed by atoms with van der Waals surface area (Å²) in [5.41, 5.74) is 11.6. The molecule has 1 heterocycles. The minimum Gasteiger partial charge on any atom is -0.506 e. The van der Waals surface area contributed by atoms with E-state index in [0.29, 0.717) is 11.4 Å². The maximum Gasteiger partial charge on any atom is 0.490 e. The molecule has 0 aliphatic heterocycles. The zero-order valence-corrected chi connectivity index (χ0v) is 14.0. The number of aromatic nitrogens is 1. The highest BCUT2D eigenvalue weighted by Gasteiger charge is 2.38. The lowest BCUT2D eigenvalue weighted by molar-refractivity contribution is -0.192. The largest absolute Gasteiger partial charge is 0.506 e. The van der Waals surface area contributed by atoms with Crippen LogP contribution < -0.4 is 16.8 Å². The van der Waals surface area contributed by atoms with Gasteiger partial charge < -0.3 is 27.0 Å². The number of carbonyl (C=O) groups excluding carboxylic acids is 1. The first-order valence-electron chi connectivity index (χ1n) is 7.31. The van der Waals surface area contributed by atoms with Crippen LogP contribution in [0.1, 0.15) is 0 Å². The Morgan fingerprint density at radius 1 is 1.11 bits per heavy atom. The van der Waals surface area contributed by atoms with Gasteiger partial charge in [-0.05, 0) is 24.3 Å². The summed E-state index contributed by atoms with van der Waals surface area (Å²) in [4.78, 5) is 24.0. The van der Waals surface area contributed by atoms with Crippen molar-refractivity contribution < 1.29 is 33.0 Å². The number of benzene rings is 1. The molecular weight excluding hydrogens is 385 g/mol. The second-order valence-corrected chi connectivity index (χ2v) is 4.84. The van der Waals surface area contributed by atoms with Crippen molar-refractivity contribution in [1.82, 2.24) is 4.98 Å². The van der Waals surface area contributed by atoms with E-state index in [4.69, 9.17) is 21.4 Å². The number of nitrogens with one attached hydrogen (secondary N) is 1. The predicted molar refractivity (Wildman–Crippen MR) is 92.3 cm³/mol. The third kappa shape index (κ3) is 7.25. The molecular formula is C15H15F3N6O4. The molecule has 0 spiro atoms. The second-order valence-electron chi connectivity index (χ2n) is 4.84. The maximum atomic E-state index is 11.1. The molecule has 0 aliphatic carbocycles. The zero-order valence-electron chi connectivity index (χ0n) is 14.0. The lowest BCUT2D eigenvalue weighted by Crippen LogP contribution is -2.22. The molecule has 0 aliphatic rings. The van der Waals surface area contributed by atoms with E-state index in [1.165, 1.54) is 12.1 Å². The van der Waals surface area contributed by atoms with Crippen molar-refractivity contribution >= 4 is 34.9 Å². The summed E-state index contributed by atoms with van der Waals surface area (Å²) in [6, 6.07) is 9.60. The van der Waals surface area contributed by atoms with Gasteiger partial charge in [-0.3, -0.25) is 4.79 Å². The van der Waals surface area contributed by atoms with E-state index in [1.807, 2.05) is 0 Å². The summed E-state index contributed by atoms with van der Waals surface area (Å²) < 4.78 is 31.7. The van der Waals surface area contributed by atoms with Gasteiger partial charge >= 0.3 is 12.1 Å². The molecule has 10 nitrogen and oxygen atoms in total. The Morgan fingerprint density at radius 3 is 2.18 bits per heavy atom. The number of nitrogens with zero attached hydrogens (tertiary/aromatic N) is 3. The standard InChI is InChI=1S/C13H14N6O2.C2HF3O2/c14-7-12(21)16-11-6-5-9(13(15)17-11)19-18-8-3-1-2-4-10(8)20;3-2(4,5)1(6)7/h1-6,20H,7,14H2,(H3,15,16,17,21);(H,6,7). The number of nitrogens with two attached hydrogens (primary N) is 2. The molecule has 2 rings (SSSR count). The SMILES string of the molecule is NCC(=O)Nc1ccc(N=Nc2ccccc2O)c(N)n1.O=C(O)C(F)(F)F. The monoisotopic (exact) mass is 400 g/mol. The number of alkyl halides is 3. The fraction of sp³-hybridized carbons (Fsp3) is 0.133. The average Bonchev–Trinajstić information content (AvgIpc) is 2.62. The maximum absolute atomic E-state index is 11.1. The number of rotatable bonds is 4. The Hall–Kier alpha value is -3.74. The van der Waals surface area contributed by atoms with Crippen molar-refractivity contribution in [3.05, 3.63) is 36.4 Å². The molecule has 0 radical (unpaired) electrons. The number of amides is 1. The van der Waals surface area contributed by atoms with Gasteiger partial charge in [-0.15, -0.1) is 10.2 Å². The molecule has 0 bridgehead atoms. The van der Waals surface area contributed by atoms with Crippen molar-refractivity contribution in [2.45, 2.75) is 6.18 Å². The Labute approximate surface area is 155 Å². The van der Waals surface area contributed by atoms with Crippen LogP contribution in [-0.2, 0) is 9.59 Å². The van der Waals surface area contributed by atoms with Gasteiger partial charge in [0.25, 0.3) is 0 Å². The number of carboxylic acids is 1. The molecule has 0 saturated heterocycles. The fourth-order valence-corrected chi connectivity index (χ4v) is 1.47. The van der Waals surface area contributed by atoms with Crippen LogP contribution in [0.4, 0.5) is 36.2 Å². The van der Waals surface area contributed by atoms with Gasteiger partial charge in [-0.25, -0.2) is 9.78 Å². The summed E-state index contributed by atoms with van der Waals surface area (Å²) in [7, 11) is 0. The van der Waals surface area contributed by atoms with Crippen molar-refractivity contribution in [1.29, 1.82) is 0 Å². The third-order valence-electron chi connectivity index (χ3n) is 2.74. The normalized spacial score (nSPS) is 10.9. The highest BCUT2D eigenvalue weighted by molar-refractivity contribution is 5.91. The molecule has 1 amide bonds. The molecule has 0 atom stereocenters. The van der Waals surface area contributed by atoms with Gasteiger partial charge in [0.05, 0.1) is 6.54 Å². The van der Waals surface area contributed by atoms with Gasteiger partial charge in [0.2, 0.25) is 5.91 Å². The molecule has 2 aromatic rings. The third-order valence-corrected chi connectivity index (χ3v) is 2.74. The molecule has 0 fully saturated rings. The number of aromatic hydroxyl groups is 1. The number of aliphatic carboxylic acids is 1. The van der Waals surface area contributed by atoms with E-state index >= 15 is 0 Å². The minimum absolute atomic E-state index is 0.0135. The van der Waals surface area contributed by atoms with E-state index in [-0.39, 0.29) is 29.8 Å². The number of phenols is 1. The van der Waals surface area contributed by atoms with Gasteiger partial charge in [-0.2, -0.15) is 13.2 Å². The summed E-state index contributed by atoms with van der Waals surface area (Å²) in [6.45, 7) is -0.143. The zero-order chi connectivity index (χ0) is 21.3. The van der Waals surface area contributed by atoms with E-state index < -0.39 is 12.1 Å². The summed E-state index contributed by atoms with van der Waals surface area (Å²) >= 11 is 0. The minimum atomic E-state index is -5.08. The van der Waals surface area contributed by atoms with Crippen LogP contribution in [-0.4, -0.2) is 39.8 Å². The van der Waals surface area contributed by atoms with Crippen LogP contribution in [0.25, 0.3) is 0 Å². The number of azo groups is 1. The summed E-state index contributed by atoms with van der Waals surface area (Å²) in [6.07, 6.45) is -5.08. The Morgan fingerprint density at radius 2 is 1.68 bits per heavy atom. The Balaban J connectivity index is 0.000000480. The van der Waals surface area contributed by atoms with Gasteiger partial charge in [0.15, 0.2) is 5.82 Å². The molecule has 0 saturated carbocycles. The van der Waals surface area contributed by atoms with Crippen molar-refractivity contribution in [3.8, 4) is 5.75 Å². The van der Waals surface area contributed by atoms with Crippen molar-refractivity contribution in [3.63, 3.8) is 0 Å². The molecule has 7 N–H and O–H groups in total. The number of nitrogen functional groups attached to an aromatic ring is 1. The molecule has 0 unspecified atom stereocenters. The molecule has 13 heteroatoms. The van der Waals surface area contributed by atoms with Crippen LogP contribution in [0.5, 0.6) is 5.75 Å². The van der Waals surface area contributed by atoms with Crippen LogP contribution in [0.3, 0.4) is 0 Å². The predicted octanol–water partition coefficient (Wildman–Crippen LogP) is 2.32. The number of para-hydroxylation sites is 1. The van der Waals surface area contributed by atoms with E-state index in [0.717, 1.165) is 0 Å². The smallest absolute Gasteiger partial charge is 0.490 e. The Bertz CT molecular complexity index is 873. The second kappa shape index (κ2) is 9.82. The number of hydrogen-bond acceptors (Lipinski definition) is 8. The highest BCUT2D eigenvalue weighted by atomic mass is 19.4. The van der Waals surface area contributed by atoms with Gasteiger partial charge in [0, 0.05) is 0 Å². The number of halogens is 3. The van der Waals surface area contributed by atoms with Crippen LogP contribution >= 0.6 is 0 Å². The molecule has 28 heavy (non-hydrogen) atoms. The summed E-state index contributed by atoms with van der Waals surface area (Å²) in [5, 5.41) is 27.0. The van der Waals surface area contributed by atoms with Gasteiger partial charge in [-0.1, -0.05) is 12.1 Å². The average molecular weight is 400 g/mol. The topological polar surface area (TPSA) is 176 Å². The lowest BCUT2D eigenvalue weighted by Gasteiger charge is -2.04. The number of anilines is 2. The first-order valence-corrected chi connectivity index (χ1v) is 7.31. The summed E-state index contributed by atoms with van der Waals surface area (Å²) in [5.74, 6) is -2.73. The molecule has 150 valence electrons. The van der Waals surface area contributed by atoms with Gasteiger partial charge in [0.1, 0.15) is 22.9 Å². The highest BCUT2D eigenvalue weighted by Crippen LogP contribution is 2.29.